The van der Waals surface area contributed by atoms with E-state index in [0.29, 0.717) is 17.2 Å². The maximum Gasteiger partial charge on any atom is 0.371 e. The highest BCUT2D eigenvalue weighted by Crippen LogP contribution is 2.16. The van der Waals surface area contributed by atoms with Gasteiger partial charge in [0.15, 0.2) is 17.3 Å². The molecule has 0 aliphatic heterocycles. The Kier molecular flexibility index (Phi) is 6.71. The molecule has 3 aromatic rings. The van der Waals surface area contributed by atoms with Crippen LogP contribution in [0.15, 0.2) is 84.6 Å². The van der Waals surface area contributed by atoms with Crippen molar-refractivity contribution in [3.8, 4) is 5.69 Å². The molecule has 0 aliphatic rings. The number of aliphatic hydroxyl groups excluding tert-OH is 1. The summed E-state index contributed by atoms with van der Waals surface area (Å²) >= 11 is 3.36. The lowest BCUT2D eigenvalue weighted by atomic mass is 10.2. The maximum atomic E-state index is 12.7. The molecule has 0 saturated carbocycles. The molecule has 0 amide bonds. The van der Waals surface area contributed by atoms with Crippen molar-refractivity contribution in [3.63, 3.8) is 0 Å². The average molecular weight is 483 g/mol. The zero-order chi connectivity index (χ0) is 22.5. The smallest absolute Gasteiger partial charge is 0.371 e. The molecule has 0 spiro atoms. The minimum absolute atomic E-state index is 0.0942. The number of Topliss-reactive ketones (excluding diaryl/α,β-unsaturated/α-hetero) is 1. The molecule has 9 nitrogen and oxygen atoms in total. The molecule has 0 atom stereocenters. The van der Waals surface area contributed by atoms with Crippen LogP contribution in [-0.4, -0.2) is 31.6 Å². The molecule has 10 heteroatoms. The van der Waals surface area contributed by atoms with Crippen LogP contribution in [0, 0.1) is 6.92 Å². The molecule has 0 saturated heterocycles. The third kappa shape index (κ3) is 5.28. The monoisotopic (exact) mass is 482 g/mol. The second kappa shape index (κ2) is 9.43. The summed E-state index contributed by atoms with van der Waals surface area (Å²) in [4.78, 5) is 24.1. The van der Waals surface area contributed by atoms with E-state index >= 15 is 0 Å². The number of carbonyl (C=O) groups excluding carboxylic acids is 1. The van der Waals surface area contributed by atoms with Gasteiger partial charge in [-0.2, -0.15) is 19.6 Å². The van der Waals surface area contributed by atoms with Gasteiger partial charge in [-0.3, -0.25) is 4.79 Å². The number of allylic oxidation sites excluding steroid dienone is 2. The van der Waals surface area contributed by atoms with Crippen LogP contribution in [-0.2, 0) is 4.79 Å². The SMILES string of the molecule is CC(=O)/C(N=Nc1ccc(/C=N/n2c(C)nn(-c3ccc(Br)cc3)c2=O)cc1)=C(/C)O. The van der Waals surface area contributed by atoms with Gasteiger partial charge in [0, 0.05) is 11.4 Å². The van der Waals surface area contributed by atoms with Crippen LogP contribution in [0.2, 0.25) is 0 Å². The zero-order valence-electron chi connectivity index (χ0n) is 17.0. The first-order valence-electron chi connectivity index (χ1n) is 9.18. The van der Waals surface area contributed by atoms with Crippen molar-refractivity contribution in [2.75, 3.05) is 0 Å². The van der Waals surface area contributed by atoms with Gasteiger partial charge in [-0.1, -0.05) is 28.1 Å². The van der Waals surface area contributed by atoms with E-state index in [0.717, 1.165) is 10.0 Å². The lowest BCUT2D eigenvalue weighted by Crippen LogP contribution is -2.21. The Morgan fingerprint density at radius 1 is 1.10 bits per heavy atom. The van der Waals surface area contributed by atoms with E-state index in [1.165, 1.54) is 29.4 Å². The molecule has 0 radical (unpaired) electrons. The molecule has 2 aromatic carbocycles. The van der Waals surface area contributed by atoms with E-state index in [9.17, 15) is 14.7 Å². The Balaban J connectivity index is 1.80. The van der Waals surface area contributed by atoms with Gasteiger partial charge in [-0.25, -0.2) is 4.79 Å². The van der Waals surface area contributed by atoms with Gasteiger partial charge in [0.1, 0.15) is 5.76 Å². The van der Waals surface area contributed by atoms with Crippen molar-refractivity contribution in [3.05, 3.63) is 86.3 Å². The zero-order valence-corrected chi connectivity index (χ0v) is 18.6. The van der Waals surface area contributed by atoms with E-state index in [1.54, 1.807) is 43.3 Å². The summed E-state index contributed by atoms with van der Waals surface area (Å²) in [6.45, 7) is 4.37. The number of azo groups is 1. The minimum atomic E-state index is -0.385. The van der Waals surface area contributed by atoms with Gasteiger partial charge in [-0.05, 0) is 55.8 Å². The molecule has 1 aromatic heterocycles. The third-order valence-corrected chi connectivity index (χ3v) is 4.67. The molecule has 158 valence electrons. The second-order valence-electron chi connectivity index (χ2n) is 6.56. The minimum Gasteiger partial charge on any atom is -0.510 e. The number of hydrogen-bond acceptors (Lipinski definition) is 7. The molecule has 0 unspecified atom stereocenters. The van der Waals surface area contributed by atoms with Gasteiger partial charge in [0.2, 0.25) is 0 Å². The van der Waals surface area contributed by atoms with E-state index < -0.39 is 0 Å². The molecule has 0 aliphatic carbocycles. The van der Waals surface area contributed by atoms with Crippen molar-refractivity contribution in [1.29, 1.82) is 0 Å². The summed E-state index contributed by atoms with van der Waals surface area (Å²) in [5.41, 5.74) is 1.38. The molecular weight excluding hydrogens is 464 g/mol. The largest absolute Gasteiger partial charge is 0.510 e. The van der Waals surface area contributed by atoms with Crippen molar-refractivity contribution in [2.45, 2.75) is 20.8 Å². The Morgan fingerprint density at radius 3 is 2.32 bits per heavy atom. The van der Waals surface area contributed by atoms with Crippen LogP contribution in [0.5, 0.6) is 0 Å². The van der Waals surface area contributed by atoms with E-state index in [1.807, 2.05) is 12.1 Å². The summed E-state index contributed by atoms with van der Waals surface area (Å²) in [5, 5.41) is 25.7. The fourth-order valence-corrected chi connectivity index (χ4v) is 2.86. The van der Waals surface area contributed by atoms with Crippen molar-refractivity contribution in [1.82, 2.24) is 14.5 Å². The van der Waals surface area contributed by atoms with Crippen LogP contribution in [0.3, 0.4) is 0 Å². The van der Waals surface area contributed by atoms with Gasteiger partial charge < -0.3 is 5.11 Å². The number of ketones is 1. The summed E-state index contributed by atoms with van der Waals surface area (Å²) in [6.07, 6.45) is 1.53. The highest BCUT2D eigenvalue weighted by molar-refractivity contribution is 9.10. The summed E-state index contributed by atoms with van der Waals surface area (Å²) < 4.78 is 3.40. The molecular formula is C21H19BrN6O3. The number of nitrogens with zero attached hydrogens (tertiary/aromatic N) is 6. The number of aromatic nitrogens is 3. The molecule has 3 rings (SSSR count). The Hall–Kier alpha value is -3.66. The molecule has 0 fully saturated rings. The number of aliphatic hydroxyl groups is 1. The van der Waals surface area contributed by atoms with Crippen LogP contribution in [0.4, 0.5) is 5.69 Å². The molecule has 1 heterocycles. The lowest BCUT2D eigenvalue weighted by molar-refractivity contribution is -0.113. The van der Waals surface area contributed by atoms with Crippen LogP contribution < -0.4 is 5.69 Å². The summed E-state index contributed by atoms with van der Waals surface area (Å²) in [7, 11) is 0. The normalized spacial score (nSPS) is 12.5. The summed E-state index contributed by atoms with van der Waals surface area (Å²) in [5.74, 6) is -0.126. The molecule has 31 heavy (non-hydrogen) atoms. The lowest BCUT2D eigenvalue weighted by Gasteiger charge is -1.99. The first kappa shape index (κ1) is 22.0. The highest BCUT2D eigenvalue weighted by atomic mass is 79.9. The number of aryl methyl sites for hydroxylation is 1. The number of rotatable bonds is 6. The van der Waals surface area contributed by atoms with Crippen LogP contribution in [0.1, 0.15) is 25.2 Å². The van der Waals surface area contributed by atoms with Crippen molar-refractivity contribution in [2.24, 2.45) is 15.3 Å². The van der Waals surface area contributed by atoms with Gasteiger partial charge in [0.25, 0.3) is 0 Å². The Bertz CT molecular complexity index is 1250. The Labute approximate surface area is 186 Å². The Morgan fingerprint density at radius 2 is 1.74 bits per heavy atom. The van der Waals surface area contributed by atoms with Crippen molar-refractivity contribution >= 4 is 33.6 Å². The average Bonchev–Trinajstić information content (AvgIpc) is 3.01. The van der Waals surface area contributed by atoms with Crippen LogP contribution in [0.25, 0.3) is 5.69 Å². The number of benzene rings is 2. The third-order valence-electron chi connectivity index (χ3n) is 4.14. The molecule has 0 bridgehead atoms. The number of carbonyl (C=O) groups is 1. The van der Waals surface area contributed by atoms with Crippen molar-refractivity contribution < 1.29 is 9.90 Å². The molecule has 1 N–H and O–H groups in total. The predicted molar refractivity (Wildman–Crippen MR) is 120 cm³/mol. The van der Waals surface area contributed by atoms with E-state index in [4.69, 9.17) is 0 Å². The quantitative estimate of drug-likeness (QED) is 0.242. The number of halogens is 1. The fraction of sp³-hybridized carbons (Fsp3) is 0.143. The predicted octanol–water partition coefficient (Wildman–Crippen LogP) is 4.45. The first-order valence-corrected chi connectivity index (χ1v) is 9.97. The maximum absolute atomic E-state index is 12.7. The standard InChI is InChI=1S/C21H19BrN6O3/c1-13(29)20(14(2)30)25-24-18-8-4-16(5-9-18)12-23-27-15(3)26-28(21(27)31)19-10-6-17(22)7-11-19/h4-12,29H,1-3H3/b20-13+,23-12+,25-24?. The summed E-state index contributed by atoms with van der Waals surface area (Å²) in [6, 6.07) is 14.0. The van der Waals surface area contributed by atoms with Crippen LogP contribution >= 0.6 is 15.9 Å². The van der Waals surface area contributed by atoms with Gasteiger partial charge in [0.05, 0.1) is 17.6 Å². The highest BCUT2D eigenvalue weighted by Gasteiger charge is 2.10. The second-order valence-corrected chi connectivity index (χ2v) is 7.47. The van der Waals surface area contributed by atoms with Gasteiger partial charge in [-0.15, -0.1) is 10.2 Å². The van der Waals surface area contributed by atoms with E-state index in [-0.39, 0.29) is 22.9 Å². The van der Waals surface area contributed by atoms with Gasteiger partial charge >= 0.3 is 5.69 Å². The number of hydrogen-bond donors (Lipinski definition) is 1. The fourth-order valence-electron chi connectivity index (χ4n) is 2.60. The first-order chi connectivity index (χ1) is 14.8. The topological polar surface area (TPSA) is 114 Å². The van der Waals surface area contributed by atoms with E-state index in [2.05, 4.69) is 36.4 Å².